The Bertz CT molecular complexity index is 628. The third-order valence-corrected chi connectivity index (χ3v) is 3.11. The highest BCUT2D eigenvalue weighted by Crippen LogP contribution is 2.26. The van der Waals surface area contributed by atoms with Gasteiger partial charge < -0.3 is 4.74 Å². The van der Waals surface area contributed by atoms with Gasteiger partial charge in [0.1, 0.15) is 5.75 Å². The van der Waals surface area contributed by atoms with Gasteiger partial charge in [-0.15, -0.1) is 13.2 Å². The molecule has 0 radical (unpaired) electrons. The average Bonchev–Trinajstić information content (AvgIpc) is 2.47. The first-order valence-electron chi connectivity index (χ1n) is 6.88. The van der Waals surface area contributed by atoms with Gasteiger partial charge in [-0.05, 0) is 29.7 Å². The minimum absolute atomic E-state index is 0.0861. The van der Waals surface area contributed by atoms with Gasteiger partial charge in [0, 0.05) is 12.0 Å². The van der Waals surface area contributed by atoms with E-state index in [2.05, 4.69) is 4.74 Å². The van der Waals surface area contributed by atoms with E-state index < -0.39 is 6.36 Å². The number of ketones is 1. The van der Waals surface area contributed by atoms with Crippen LogP contribution in [0.5, 0.6) is 5.75 Å². The fraction of sp³-hybridized carbons (Fsp3) is 0.235. The molecule has 0 bridgehead atoms. The lowest BCUT2D eigenvalue weighted by atomic mass is 10.0. The second kappa shape index (κ2) is 6.64. The molecule has 5 heteroatoms. The van der Waals surface area contributed by atoms with Crippen molar-refractivity contribution in [1.82, 2.24) is 0 Å². The Morgan fingerprint density at radius 1 is 0.955 bits per heavy atom. The number of Topliss-reactive ketones (excluding diaryl/α,β-unsaturated/α-hetero) is 1. The fourth-order valence-electron chi connectivity index (χ4n) is 2.07. The second-order valence-electron chi connectivity index (χ2n) is 4.82. The molecule has 2 rings (SSSR count). The maximum absolute atomic E-state index is 12.1. The summed E-state index contributed by atoms with van der Waals surface area (Å²) >= 11 is 0. The van der Waals surface area contributed by atoms with Crippen molar-refractivity contribution in [1.29, 1.82) is 0 Å². The summed E-state index contributed by atoms with van der Waals surface area (Å²) < 4.78 is 40.1. The molecule has 0 aliphatic rings. The van der Waals surface area contributed by atoms with E-state index >= 15 is 0 Å². The third kappa shape index (κ3) is 4.35. The number of benzene rings is 2. The number of alkyl halides is 3. The number of hydrogen-bond acceptors (Lipinski definition) is 2. The van der Waals surface area contributed by atoms with Crippen molar-refractivity contribution in [3.8, 4) is 16.9 Å². The van der Waals surface area contributed by atoms with Gasteiger partial charge >= 0.3 is 6.36 Å². The van der Waals surface area contributed by atoms with E-state index in [1.54, 1.807) is 36.4 Å². The van der Waals surface area contributed by atoms with E-state index in [0.717, 1.165) is 17.5 Å². The van der Waals surface area contributed by atoms with Crippen LogP contribution in [0.4, 0.5) is 13.2 Å². The molecule has 116 valence electrons. The number of rotatable bonds is 5. The molecule has 0 aromatic heterocycles. The Balaban J connectivity index is 2.13. The number of hydrogen-bond donors (Lipinski definition) is 0. The van der Waals surface area contributed by atoms with Crippen molar-refractivity contribution in [2.24, 2.45) is 0 Å². The first-order valence-corrected chi connectivity index (χ1v) is 6.88. The minimum Gasteiger partial charge on any atom is -0.406 e. The molecular weight excluding hydrogens is 293 g/mol. The smallest absolute Gasteiger partial charge is 0.406 e. The molecule has 0 aliphatic carbocycles. The van der Waals surface area contributed by atoms with Crippen LogP contribution in [0.2, 0.25) is 0 Å². The molecule has 0 amide bonds. The zero-order valence-electron chi connectivity index (χ0n) is 12.0. The lowest BCUT2D eigenvalue weighted by Gasteiger charge is -2.09. The van der Waals surface area contributed by atoms with Gasteiger partial charge in [-0.1, -0.05) is 43.3 Å². The van der Waals surface area contributed by atoms with Gasteiger partial charge in [0.05, 0.1) is 0 Å². The maximum Gasteiger partial charge on any atom is 0.573 e. The van der Waals surface area contributed by atoms with Gasteiger partial charge in [-0.2, -0.15) is 0 Å². The molecule has 0 saturated carbocycles. The summed E-state index contributed by atoms with van der Waals surface area (Å²) in [6.07, 6.45) is -3.40. The highest BCUT2D eigenvalue weighted by atomic mass is 19.4. The highest BCUT2D eigenvalue weighted by Gasteiger charge is 2.30. The first kappa shape index (κ1) is 16.1. The molecule has 0 saturated heterocycles. The molecular formula is C17H15F3O2. The van der Waals surface area contributed by atoms with Gasteiger partial charge in [-0.3, -0.25) is 4.79 Å². The summed E-state index contributed by atoms with van der Waals surface area (Å²) in [6.45, 7) is 1.94. The topological polar surface area (TPSA) is 26.3 Å². The lowest BCUT2D eigenvalue weighted by molar-refractivity contribution is -0.274. The van der Waals surface area contributed by atoms with Crippen LogP contribution < -0.4 is 4.74 Å². The van der Waals surface area contributed by atoms with Crippen molar-refractivity contribution < 1.29 is 22.7 Å². The van der Waals surface area contributed by atoms with Crippen LogP contribution in [0.3, 0.4) is 0 Å². The number of ether oxygens (including phenoxy) is 1. The molecule has 0 spiro atoms. The van der Waals surface area contributed by atoms with E-state index in [1.807, 2.05) is 6.92 Å². The van der Waals surface area contributed by atoms with Gasteiger partial charge in [0.2, 0.25) is 0 Å². The molecule has 22 heavy (non-hydrogen) atoms. The van der Waals surface area contributed by atoms with Crippen LogP contribution in [0, 0.1) is 0 Å². The van der Waals surface area contributed by atoms with Gasteiger partial charge in [-0.25, -0.2) is 0 Å². The maximum atomic E-state index is 12.1. The van der Waals surface area contributed by atoms with Crippen LogP contribution in [0.25, 0.3) is 11.1 Å². The Hall–Kier alpha value is -2.30. The van der Waals surface area contributed by atoms with E-state index in [-0.39, 0.29) is 11.5 Å². The SMILES string of the molecule is CCCC(=O)c1ccc(-c2ccc(OC(F)(F)F)cc2)cc1. The zero-order chi connectivity index (χ0) is 16.2. The van der Waals surface area contributed by atoms with E-state index in [9.17, 15) is 18.0 Å². The Morgan fingerprint density at radius 3 is 1.91 bits per heavy atom. The number of carbonyl (C=O) groups excluding carboxylic acids is 1. The summed E-state index contributed by atoms with van der Waals surface area (Å²) in [5.74, 6) is -0.172. The van der Waals surface area contributed by atoms with Crippen molar-refractivity contribution >= 4 is 5.78 Å². The van der Waals surface area contributed by atoms with Crippen molar-refractivity contribution in [2.45, 2.75) is 26.1 Å². The molecule has 2 aromatic rings. The standard InChI is InChI=1S/C17H15F3O2/c1-2-3-16(21)14-6-4-12(5-7-14)13-8-10-15(11-9-13)22-17(18,19)20/h4-11H,2-3H2,1H3. The first-order chi connectivity index (χ1) is 10.4. The van der Waals surface area contributed by atoms with Crippen LogP contribution in [-0.4, -0.2) is 12.1 Å². The zero-order valence-corrected chi connectivity index (χ0v) is 12.0. The second-order valence-corrected chi connectivity index (χ2v) is 4.82. The summed E-state index contributed by atoms with van der Waals surface area (Å²) in [4.78, 5) is 11.7. The summed E-state index contributed by atoms with van der Waals surface area (Å²) in [6, 6.07) is 12.6. The summed E-state index contributed by atoms with van der Waals surface area (Å²) in [5.41, 5.74) is 2.22. The van der Waals surface area contributed by atoms with Crippen LogP contribution >= 0.6 is 0 Å². The van der Waals surface area contributed by atoms with E-state index in [0.29, 0.717) is 12.0 Å². The molecule has 0 atom stereocenters. The van der Waals surface area contributed by atoms with Crippen molar-refractivity contribution in [3.05, 3.63) is 54.1 Å². The Labute approximate surface area is 126 Å². The summed E-state index contributed by atoms with van der Waals surface area (Å²) in [5, 5.41) is 0. The normalized spacial score (nSPS) is 11.3. The molecule has 2 aromatic carbocycles. The molecule has 0 N–H and O–H groups in total. The van der Waals surface area contributed by atoms with Crippen molar-refractivity contribution in [3.63, 3.8) is 0 Å². The minimum atomic E-state index is -4.69. The number of carbonyl (C=O) groups is 1. The highest BCUT2D eigenvalue weighted by molar-refractivity contribution is 5.96. The molecule has 0 fully saturated rings. The van der Waals surface area contributed by atoms with Gasteiger partial charge in [0.15, 0.2) is 5.78 Å². The van der Waals surface area contributed by atoms with E-state index in [1.165, 1.54) is 12.1 Å². The van der Waals surface area contributed by atoms with Gasteiger partial charge in [0.25, 0.3) is 0 Å². The summed E-state index contributed by atoms with van der Waals surface area (Å²) in [7, 11) is 0. The molecule has 0 heterocycles. The van der Waals surface area contributed by atoms with E-state index in [4.69, 9.17) is 0 Å². The molecule has 0 aliphatic heterocycles. The Kier molecular flexibility index (Phi) is 4.85. The third-order valence-electron chi connectivity index (χ3n) is 3.11. The number of halogens is 3. The Morgan fingerprint density at radius 2 is 1.45 bits per heavy atom. The lowest BCUT2D eigenvalue weighted by Crippen LogP contribution is -2.16. The average molecular weight is 308 g/mol. The van der Waals surface area contributed by atoms with Crippen molar-refractivity contribution in [2.75, 3.05) is 0 Å². The largest absolute Gasteiger partial charge is 0.573 e. The fourth-order valence-corrected chi connectivity index (χ4v) is 2.07. The van der Waals surface area contributed by atoms with Crippen LogP contribution in [-0.2, 0) is 0 Å². The van der Waals surface area contributed by atoms with Crippen LogP contribution in [0.15, 0.2) is 48.5 Å². The molecule has 2 nitrogen and oxygen atoms in total. The predicted octanol–water partition coefficient (Wildman–Crippen LogP) is 5.24. The monoisotopic (exact) mass is 308 g/mol. The molecule has 0 unspecified atom stereocenters. The predicted molar refractivity (Wildman–Crippen MR) is 77.8 cm³/mol. The quantitative estimate of drug-likeness (QED) is 0.706. The van der Waals surface area contributed by atoms with Crippen LogP contribution in [0.1, 0.15) is 30.1 Å².